The molecule has 3 heterocycles. The van der Waals surface area contributed by atoms with E-state index in [-0.39, 0.29) is 30.3 Å². The summed E-state index contributed by atoms with van der Waals surface area (Å²) in [5.74, 6) is 0.613. The lowest BCUT2D eigenvalue weighted by atomic mass is 9.93. The highest BCUT2D eigenvalue weighted by Gasteiger charge is 2.36. The first-order valence-electron chi connectivity index (χ1n) is 12.0. The monoisotopic (exact) mass is 526 g/mol. The van der Waals surface area contributed by atoms with Crippen molar-refractivity contribution >= 4 is 29.1 Å². The predicted octanol–water partition coefficient (Wildman–Crippen LogP) is 3.37. The molecular weight excluding hydrogens is 504 g/mol. The molecule has 2 aliphatic rings. The van der Waals surface area contributed by atoms with Gasteiger partial charge in [0.2, 0.25) is 6.79 Å². The topological polar surface area (TPSA) is 99.4 Å². The Hall–Kier alpha value is -4.63. The van der Waals surface area contributed by atoms with Gasteiger partial charge in [-0.1, -0.05) is 65.9 Å². The van der Waals surface area contributed by atoms with Crippen LogP contribution in [0.15, 0.2) is 88.2 Å². The largest absolute Gasteiger partial charge is 0.507 e. The van der Waals surface area contributed by atoms with Crippen molar-refractivity contribution < 1.29 is 24.1 Å². The Bertz CT molecular complexity index is 1770. The molecule has 3 aromatic carbocycles. The van der Waals surface area contributed by atoms with Crippen LogP contribution in [0.3, 0.4) is 0 Å². The third-order valence-electron chi connectivity index (χ3n) is 6.31. The average Bonchev–Trinajstić information content (AvgIpc) is 3.53. The smallest absolute Gasteiger partial charge is 0.338 e. The molecule has 1 aromatic heterocycles. The van der Waals surface area contributed by atoms with E-state index in [2.05, 4.69) is 0 Å². The van der Waals surface area contributed by atoms with E-state index in [1.54, 1.807) is 49.4 Å². The van der Waals surface area contributed by atoms with Crippen LogP contribution in [0.1, 0.15) is 29.7 Å². The number of ether oxygens (including phenoxy) is 3. The zero-order chi connectivity index (χ0) is 26.2. The van der Waals surface area contributed by atoms with Crippen LogP contribution in [0, 0.1) is 0 Å². The summed E-state index contributed by atoms with van der Waals surface area (Å²) in [5.41, 5.74) is 2.22. The number of carbonyl (C=O) groups excluding carboxylic acids is 1. The van der Waals surface area contributed by atoms with E-state index >= 15 is 0 Å². The molecule has 0 fully saturated rings. The number of para-hydroxylation sites is 1. The van der Waals surface area contributed by atoms with Gasteiger partial charge >= 0.3 is 5.97 Å². The fourth-order valence-corrected chi connectivity index (χ4v) is 5.58. The second-order valence-corrected chi connectivity index (χ2v) is 9.61. The van der Waals surface area contributed by atoms with E-state index in [1.165, 1.54) is 15.9 Å². The number of fused-ring (bicyclic) bond motifs is 2. The number of phenolic OH excluding ortho intramolecular Hbond substituents is 1. The molecule has 0 aliphatic carbocycles. The van der Waals surface area contributed by atoms with Crippen LogP contribution in [0.25, 0.3) is 11.8 Å². The lowest BCUT2D eigenvalue weighted by Crippen LogP contribution is -2.40. The molecule has 0 spiro atoms. The number of esters is 1. The molecule has 6 rings (SSSR count). The number of hydrogen-bond acceptors (Lipinski definition) is 8. The number of nitrogens with zero attached hydrogens (tertiary/aromatic N) is 2. The van der Waals surface area contributed by atoms with Gasteiger partial charge in [-0.3, -0.25) is 9.36 Å². The Morgan fingerprint density at radius 3 is 2.66 bits per heavy atom. The standard InChI is InChI=1S/C29H22N2O6S/c1-2-35-28(34)24-25(17-8-4-3-5-9-17)30-29-31(26(24)19-12-13-21-22(14-19)37-16-36-21)27(33)23(38-29)15-18-10-6-7-11-20(18)32/h3-15,26,32H,2,16H2,1H3/t26-/m0/s1. The summed E-state index contributed by atoms with van der Waals surface area (Å²) in [6.45, 7) is 1.99. The van der Waals surface area contributed by atoms with Crippen LogP contribution in [-0.2, 0) is 9.53 Å². The molecule has 4 aromatic rings. The first kappa shape index (κ1) is 23.7. The van der Waals surface area contributed by atoms with Gasteiger partial charge in [-0.25, -0.2) is 9.79 Å². The van der Waals surface area contributed by atoms with Gasteiger partial charge in [-0.05, 0) is 36.8 Å². The third kappa shape index (κ3) is 4.06. The number of hydrogen-bond donors (Lipinski definition) is 1. The fourth-order valence-electron chi connectivity index (χ4n) is 4.59. The second kappa shape index (κ2) is 9.68. The van der Waals surface area contributed by atoms with Gasteiger partial charge in [0, 0.05) is 11.1 Å². The third-order valence-corrected chi connectivity index (χ3v) is 7.29. The van der Waals surface area contributed by atoms with Crippen molar-refractivity contribution in [3.63, 3.8) is 0 Å². The number of benzene rings is 3. The van der Waals surface area contributed by atoms with Crippen molar-refractivity contribution in [3.8, 4) is 17.2 Å². The minimum atomic E-state index is -0.832. The summed E-state index contributed by atoms with van der Waals surface area (Å²) in [4.78, 5) is 32.6. The maximum absolute atomic E-state index is 13.9. The van der Waals surface area contributed by atoms with Gasteiger partial charge in [0.15, 0.2) is 16.3 Å². The normalized spacial score (nSPS) is 16.2. The Labute approximate surface area is 221 Å². The molecule has 0 saturated heterocycles. The maximum Gasteiger partial charge on any atom is 0.338 e. The summed E-state index contributed by atoms with van der Waals surface area (Å²) in [6.07, 6.45) is 1.63. The molecule has 9 heteroatoms. The molecule has 1 atom stereocenters. The van der Waals surface area contributed by atoms with Crippen molar-refractivity contribution in [2.75, 3.05) is 13.4 Å². The van der Waals surface area contributed by atoms with Crippen molar-refractivity contribution in [1.82, 2.24) is 4.57 Å². The number of aromatic hydroxyl groups is 1. The Morgan fingerprint density at radius 1 is 1.11 bits per heavy atom. The van der Waals surface area contributed by atoms with Crippen LogP contribution in [0.5, 0.6) is 17.2 Å². The van der Waals surface area contributed by atoms with Crippen molar-refractivity contribution in [3.05, 3.63) is 115 Å². The number of aromatic nitrogens is 1. The molecule has 8 nitrogen and oxygen atoms in total. The highest BCUT2D eigenvalue weighted by atomic mass is 32.1. The summed E-state index contributed by atoms with van der Waals surface area (Å²) >= 11 is 1.19. The number of carbonyl (C=O) groups is 1. The minimum absolute atomic E-state index is 0.0582. The van der Waals surface area contributed by atoms with E-state index in [0.29, 0.717) is 37.7 Å². The molecule has 0 unspecified atom stereocenters. The van der Waals surface area contributed by atoms with Gasteiger partial charge in [0.05, 0.1) is 28.5 Å². The first-order valence-corrected chi connectivity index (χ1v) is 12.8. The van der Waals surface area contributed by atoms with Crippen LogP contribution in [0.2, 0.25) is 0 Å². The van der Waals surface area contributed by atoms with Crippen LogP contribution < -0.4 is 24.4 Å². The molecular formula is C29H22N2O6S. The van der Waals surface area contributed by atoms with E-state index < -0.39 is 12.0 Å². The van der Waals surface area contributed by atoms with Gasteiger partial charge < -0.3 is 19.3 Å². The average molecular weight is 527 g/mol. The van der Waals surface area contributed by atoms with Crippen LogP contribution in [-0.4, -0.2) is 29.0 Å². The first-order chi connectivity index (χ1) is 18.5. The van der Waals surface area contributed by atoms with Gasteiger partial charge in [0.25, 0.3) is 5.56 Å². The minimum Gasteiger partial charge on any atom is -0.507 e. The predicted molar refractivity (Wildman–Crippen MR) is 142 cm³/mol. The van der Waals surface area contributed by atoms with Crippen molar-refractivity contribution in [1.29, 1.82) is 0 Å². The molecule has 0 amide bonds. The Morgan fingerprint density at radius 2 is 1.87 bits per heavy atom. The number of rotatable bonds is 5. The second-order valence-electron chi connectivity index (χ2n) is 8.60. The van der Waals surface area contributed by atoms with Gasteiger partial charge in [0.1, 0.15) is 5.75 Å². The van der Waals surface area contributed by atoms with E-state index in [1.807, 2.05) is 36.4 Å². The molecule has 38 heavy (non-hydrogen) atoms. The highest BCUT2D eigenvalue weighted by molar-refractivity contribution is 7.07. The molecule has 0 bridgehead atoms. The molecule has 1 N–H and O–H groups in total. The van der Waals surface area contributed by atoms with Gasteiger partial charge in [-0.2, -0.15) is 0 Å². The number of phenols is 1. The summed E-state index contributed by atoms with van der Waals surface area (Å²) < 4.78 is 18.4. The van der Waals surface area contributed by atoms with Gasteiger partial charge in [-0.15, -0.1) is 0 Å². The van der Waals surface area contributed by atoms with E-state index in [9.17, 15) is 14.7 Å². The maximum atomic E-state index is 13.9. The molecule has 0 saturated carbocycles. The Balaban J connectivity index is 1.66. The Kier molecular flexibility index (Phi) is 6.05. The molecule has 0 radical (unpaired) electrons. The lowest BCUT2D eigenvalue weighted by molar-refractivity contribution is -0.138. The fraction of sp³-hybridized carbons (Fsp3) is 0.138. The van der Waals surface area contributed by atoms with E-state index in [4.69, 9.17) is 19.2 Å². The summed E-state index contributed by atoms with van der Waals surface area (Å²) in [7, 11) is 0. The van der Waals surface area contributed by atoms with Crippen LogP contribution >= 0.6 is 11.3 Å². The van der Waals surface area contributed by atoms with Crippen LogP contribution in [0.4, 0.5) is 0 Å². The molecule has 2 aliphatic heterocycles. The zero-order valence-electron chi connectivity index (χ0n) is 20.3. The van der Waals surface area contributed by atoms with E-state index in [0.717, 1.165) is 5.56 Å². The lowest BCUT2D eigenvalue weighted by Gasteiger charge is -2.26. The highest BCUT2D eigenvalue weighted by Crippen LogP contribution is 2.40. The quantitative estimate of drug-likeness (QED) is 0.401. The van der Waals surface area contributed by atoms with Crippen molar-refractivity contribution in [2.45, 2.75) is 13.0 Å². The zero-order valence-corrected chi connectivity index (χ0v) is 21.1. The summed E-state index contributed by atoms with van der Waals surface area (Å²) in [5, 5.41) is 10.3. The summed E-state index contributed by atoms with van der Waals surface area (Å²) in [6, 6.07) is 20.6. The van der Waals surface area contributed by atoms with Crippen molar-refractivity contribution in [2.24, 2.45) is 4.99 Å². The molecule has 190 valence electrons. The number of thiazole rings is 1. The SMILES string of the molecule is CCOC(=O)C1=C(c2ccccc2)N=c2sc(=Cc3ccccc3O)c(=O)n2[C@H]1c1ccc2c(c1)OCO2.